The molecule has 0 spiro atoms. The average Bonchev–Trinajstić information content (AvgIpc) is 3.08. The summed E-state index contributed by atoms with van der Waals surface area (Å²) >= 11 is 0.852. The molecular formula is C28H31N3O4S. The summed E-state index contributed by atoms with van der Waals surface area (Å²) in [4.78, 5) is 41.6. The number of imide groups is 1. The predicted octanol–water partition coefficient (Wildman–Crippen LogP) is 5.78. The Morgan fingerprint density at radius 1 is 1.11 bits per heavy atom. The fourth-order valence-electron chi connectivity index (χ4n) is 4.70. The van der Waals surface area contributed by atoms with E-state index in [9.17, 15) is 14.4 Å². The Hall–Kier alpha value is -3.52. The summed E-state index contributed by atoms with van der Waals surface area (Å²) in [6.07, 6.45) is 3.97. The fourth-order valence-corrected chi connectivity index (χ4v) is 5.54. The van der Waals surface area contributed by atoms with E-state index in [4.69, 9.17) is 4.74 Å². The number of likely N-dealkylation sites (N-methyl/N-ethyl adjacent to an activating group) is 1. The third-order valence-electron chi connectivity index (χ3n) is 6.24. The minimum absolute atomic E-state index is 0.0814. The Kier molecular flexibility index (Phi) is 7.26. The maximum atomic E-state index is 13.0. The molecule has 36 heavy (non-hydrogen) atoms. The number of fused-ring (bicyclic) bond motifs is 1. The van der Waals surface area contributed by atoms with E-state index < -0.39 is 17.1 Å². The van der Waals surface area contributed by atoms with Gasteiger partial charge in [-0.1, -0.05) is 12.1 Å². The van der Waals surface area contributed by atoms with Crippen molar-refractivity contribution >= 4 is 51.8 Å². The van der Waals surface area contributed by atoms with Crippen molar-refractivity contribution in [1.29, 1.82) is 0 Å². The number of carbonyl (C=O) groups is 3. The summed E-state index contributed by atoms with van der Waals surface area (Å²) in [7, 11) is 0. The number of nitrogens with zero attached hydrogens (tertiary/aromatic N) is 2. The van der Waals surface area contributed by atoms with Crippen LogP contribution in [0.4, 0.5) is 16.2 Å². The molecule has 4 rings (SSSR count). The number of thioether (sulfide) groups is 1. The van der Waals surface area contributed by atoms with Crippen LogP contribution in [0.5, 0.6) is 5.75 Å². The Labute approximate surface area is 216 Å². The third kappa shape index (κ3) is 5.18. The Bertz CT molecular complexity index is 1260. The van der Waals surface area contributed by atoms with E-state index >= 15 is 0 Å². The van der Waals surface area contributed by atoms with Crippen LogP contribution in [-0.4, -0.2) is 47.2 Å². The van der Waals surface area contributed by atoms with Gasteiger partial charge in [-0.15, -0.1) is 0 Å². The van der Waals surface area contributed by atoms with Crippen LogP contribution in [0, 0.1) is 0 Å². The van der Waals surface area contributed by atoms with Crippen molar-refractivity contribution in [2.45, 2.75) is 40.2 Å². The number of nitrogens with one attached hydrogen (secondary N) is 1. The highest BCUT2D eigenvalue weighted by Crippen LogP contribution is 2.40. The standard InChI is InChI=1S/C28H31N3O4S/c1-6-31-23-13-8-19(14-22(23)18(3)16-28(31,4)5)15-24-26(33)30(27(34)36-24)17-25(32)29-20-9-11-21(12-10-20)35-7-2/h8-16H,6-7,17H2,1-5H3,(H,29,32)/b24-15+. The van der Waals surface area contributed by atoms with Gasteiger partial charge in [0.1, 0.15) is 12.3 Å². The maximum Gasteiger partial charge on any atom is 0.294 e. The number of amides is 3. The molecule has 2 aromatic carbocycles. The first-order valence-electron chi connectivity index (χ1n) is 12.0. The number of hydrogen-bond acceptors (Lipinski definition) is 6. The first-order chi connectivity index (χ1) is 17.1. The Morgan fingerprint density at radius 2 is 1.83 bits per heavy atom. The number of carbonyl (C=O) groups excluding carboxylic acids is 3. The van der Waals surface area contributed by atoms with E-state index in [0.717, 1.165) is 40.0 Å². The second-order valence-corrected chi connectivity index (χ2v) is 10.3. The largest absolute Gasteiger partial charge is 0.494 e. The lowest BCUT2D eigenvalue weighted by Gasteiger charge is -2.42. The summed E-state index contributed by atoms with van der Waals surface area (Å²) < 4.78 is 5.39. The van der Waals surface area contributed by atoms with Gasteiger partial charge in [-0.25, -0.2) is 0 Å². The lowest BCUT2D eigenvalue weighted by atomic mass is 9.88. The zero-order valence-corrected chi connectivity index (χ0v) is 22.1. The molecule has 0 aliphatic carbocycles. The molecule has 2 heterocycles. The van der Waals surface area contributed by atoms with Crippen LogP contribution in [0.1, 0.15) is 45.7 Å². The van der Waals surface area contributed by atoms with Crippen LogP contribution in [0.3, 0.4) is 0 Å². The van der Waals surface area contributed by atoms with Crippen LogP contribution in [-0.2, 0) is 9.59 Å². The van der Waals surface area contributed by atoms with Crippen molar-refractivity contribution in [3.05, 3.63) is 64.6 Å². The number of ether oxygens (including phenoxy) is 1. The SMILES string of the molecule is CCOc1ccc(NC(=O)CN2C(=O)S/C(=C/c3ccc4c(c3)C(C)=CC(C)(C)N4CC)C2=O)cc1. The summed E-state index contributed by atoms with van der Waals surface area (Å²) in [5.74, 6) is -0.210. The van der Waals surface area contributed by atoms with Crippen molar-refractivity contribution in [3.8, 4) is 5.75 Å². The topological polar surface area (TPSA) is 79.0 Å². The molecule has 0 atom stereocenters. The lowest BCUT2D eigenvalue weighted by Crippen LogP contribution is -2.44. The van der Waals surface area contributed by atoms with E-state index in [0.29, 0.717) is 22.9 Å². The smallest absolute Gasteiger partial charge is 0.294 e. The minimum Gasteiger partial charge on any atom is -0.494 e. The third-order valence-corrected chi connectivity index (χ3v) is 7.15. The van der Waals surface area contributed by atoms with Crippen LogP contribution in [0.25, 0.3) is 11.6 Å². The van der Waals surface area contributed by atoms with E-state index in [1.54, 1.807) is 30.3 Å². The number of anilines is 2. The average molecular weight is 506 g/mol. The molecule has 0 radical (unpaired) electrons. The molecule has 2 aromatic rings. The van der Waals surface area contributed by atoms with E-state index in [-0.39, 0.29) is 12.1 Å². The molecule has 7 nitrogen and oxygen atoms in total. The van der Waals surface area contributed by atoms with Gasteiger partial charge in [0.15, 0.2) is 0 Å². The predicted molar refractivity (Wildman–Crippen MR) is 146 cm³/mol. The second kappa shape index (κ2) is 10.2. The number of hydrogen-bond donors (Lipinski definition) is 1. The summed E-state index contributed by atoms with van der Waals surface area (Å²) in [5, 5.41) is 2.26. The summed E-state index contributed by atoms with van der Waals surface area (Å²) in [5.41, 5.74) is 4.75. The number of benzene rings is 2. The quantitative estimate of drug-likeness (QED) is 0.481. The van der Waals surface area contributed by atoms with Crippen LogP contribution in [0.15, 0.2) is 53.4 Å². The highest BCUT2D eigenvalue weighted by atomic mass is 32.2. The minimum atomic E-state index is -0.465. The van der Waals surface area contributed by atoms with Gasteiger partial charge in [-0.2, -0.15) is 0 Å². The van der Waals surface area contributed by atoms with Gasteiger partial charge in [0.2, 0.25) is 5.91 Å². The number of rotatable bonds is 7. The van der Waals surface area contributed by atoms with Crippen molar-refractivity contribution < 1.29 is 19.1 Å². The molecular weight excluding hydrogens is 474 g/mol. The molecule has 1 saturated heterocycles. The van der Waals surface area contributed by atoms with E-state index in [1.165, 1.54) is 5.57 Å². The van der Waals surface area contributed by atoms with Gasteiger partial charge in [0.05, 0.1) is 17.1 Å². The monoisotopic (exact) mass is 505 g/mol. The van der Waals surface area contributed by atoms with Crippen LogP contribution >= 0.6 is 11.8 Å². The van der Waals surface area contributed by atoms with Crippen LogP contribution < -0.4 is 15.0 Å². The van der Waals surface area contributed by atoms with Gasteiger partial charge < -0.3 is 15.0 Å². The summed E-state index contributed by atoms with van der Waals surface area (Å²) in [6, 6.07) is 13.0. The molecule has 1 fully saturated rings. The van der Waals surface area contributed by atoms with Crippen molar-refractivity contribution in [1.82, 2.24) is 4.90 Å². The zero-order valence-electron chi connectivity index (χ0n) is 21.3. The molecule has 1 N–H and O–H groups in total. The maximum absolute atomic E-state index is 13.0. The molecule has 0 unspecified atom stereocenters. The summed E-state index contributed by atoms with van der Waals surface area (Å²) in [6.45, 7) is 11.6. The lowest BCUT2D eigenvalue weighted by molar-refractivity contribution is -0.127. The normalized spacial score (nSPS) is 17.8. The van der Waals surface area contributed by atoms with Gasteiger partial charge in [0.25, 0.3) is 11.1 Å². The molecule has 0 bridgehead atoms. The highest BCUT2D eigenvalue weighted by Gasteiger charge is 2.36. The van der Waals surface area contributed by atoms with Gasteiger partial charge in [-0.3, -0.25) is 19.3 Å². The van der Waals surface area contributed by atoms with Gasteiger partial charge in [-0.05, 0) is 100.0 Å². The zero-order chi connectivity index (χ0) is 26.0. The molecule has 8 heteroatoms. The van der Waals surface area contributed by atoms with Crippen molar-refractivity contribution in [2.75, 3.05) is 29.9 Å². The Morgan fingerprint density at radius 3 is 2.50 bits per heavy atom. The highest BCUT2D eigenvalue weighted by molar-refractivity contribution is 8.18. The first-order valence-corrected chi connectivity index (χ1v) is 12.8. The molecule has 3 amide bonds. The molecule has 188 valence electrons. The van der Waals surface area contributed by atoms with Gasteiger partial charge >= 0.3 is 0 Å². The first kappa shape index (κ1) is 25.6. The fraction of sp³-hybridized carbons (Fsp3) is 0.321. The molecule has 2 aliphatic heterocycles. The van der Waals surface area contributed by atoms with Crippen molar-refractivity contribution in [3.63, 3.8) is 0 Å². The van der Waals surface area contributed by atoms with E-state index in [2.05, 4.69) is 50.1 Å². The second-order valence-electron chi connectivity index (χ2n) is 9.28. The van der Waals surface area contributed by atoms with Gasteiger partial charge in [0, 0.05) is 23.5 Å². The molecule has 2 aliphatic rings. The van der Waals surface area contributed by atoms with Crippen LogP contribution in [0.2, 0.25) is 0 Å². The molecule has 0 aromatic heterocycles. The van der Waals surface area contributed by atoms with E-state index in [1.807, 2.05) is 19.1 Å². The van der Waals surface area contributed by atoms with Crippen molar-refractivity contribution in [2.24, 2.45) is 0 Å². The molecule has 0 saturated carbocycles. The Balaban J connectivity index is 1.47. The number of allylic oxidation sites excluding steroid dienone is 1.